The number of carbonyl (C=O) groups is 1. The maximum Gasteiger partial charge on any atom is 0.222 e. The van der Waals surface area contributed by atoms with Crippen LogP contribution in [0.2, 0.25) is 0 Å². The molecule has 1 amide bonds. The summed E-state index contributed by atoms with van der Waals surface area (Å²) in [7, 11) is 0. The second-order valence-corrected chi connectivity index (χ2v) is 5.77. The summed E-state index contributed by atoms with van der Waals surface area (Å²) in [5.74, 6) is 1.12. The molecule has 1 aliphatic heterocycles. The molecule has 4 heteroatoms. The zero-order chi connectivity index (χ0) is 13.5. The summed E-state index contributed by atoms with van der Waals surface area (Å²) in [6.45, 7) is 2.46. The number of amides is 1. The van der Waals surface area contributed by atoms with Gasteiger partial charge >= 0.3 is 0 Å². The number of likely N-dealkylation sites (tertiary alicyclic amines) is 1. The van der Waals surface area contributed by atoms with Crippen LogP contribution in [0.4, 0.5) is 0 Å². The van der Waals surface area contributed by atoms with Crippen LogP contribution in [-0.2, 0) is 4.79 Å². The molecule has 0 bridgehead atoms. The van der Waals surface area contributed by atoms with Gasteiger partial charge in [-0.05, 0) is 43.9 Å². The topological polar surface area (TPSA) is 29.5 Å². The van der Waals surface area contributed by atoms with Crippen molar-refractivity contribution in [3.63, 3.8) is 0 Å². The molecule has 2 rings (SSSR count). The smallest absolute Gasteiger partial charge is 0.222 e. The predicted molar refractivity (Wildman–Crippen MR) is 79.3 cm³/mol. The van der Waals surface area contributed by atoms with E-state index in [1.165, 1.54) is 6.42 Å². The van der Waals surface area contributed by atoms with E-state index in [0.717, 1.165) is 42.6 Å². The Balaban J connectivity index is 1.65. The Kier molecular flexibility index (Phi) is 5.70. The van der Waals surface area contributed by atoms with Crippen LogP contribution in [-0.4, -0.2) is 30.5 Å². The highest BCUT2D eigenvalue weighted by Gasteiger charge is 2.15. The minimum absolute atomic E-state index is 0.276. The van der Waals surface area contributed by atoms with Crippen molar-refractivity contribution >= 4 is 21.8 Å². The number of hydrogen-bond acceptors (Lipinski definition) is 2. The zero-order valence-electron chi connectivity index (χ0n) is 11.1. The Bertz CT molecular complexity index is 416. The molecular formula is C15H20BrNO2. The fourth-order valence-corrected chi connectivity index (χ4v) is 2.65. The van der Waals surface area contributed by atoms with Gasteiger partial charge in [0.25, 0.3) is 0 Å². The first-order valence-electron chi connectivity index (χ1n) is 6.92. The van der Waals surface area contributed by atoms with Crippen LogP contribution in [0.25, 0.3) is 0 Å². The quantitative estimate of drug-likeness (QED) is 0.774. The highest BCUT2D eigenvalue weighted by atomic mass is 79.9. The number of halogens is 1. The minimum Gasteiger partial charge on any atom is -0.494 e. The summed E-state index contributed by atoms with van der Waals surface area (Å²) in [5.41, 5.74) is 0. The molecule has 1 aromatic carbocycles. The molecule has 1 fully saturated rings. The van der Waals surface area contributed by atoms with Crippen LogP contribution in [0.5, 0.6) is 5.75 Å². The maximum atomic E-state index is 11.9. The van der Waals surface area contributed by atoms with E-state index in [4.69, 9.17) is 4.74 Å². The summed E-state index contributed by atoms with van der Waals surface area (Å²) in [5, 5.41) is 0. The molecule has 0 saturated carbocycles. The van der Waals surface area contributed by atoms with Crippen LogP contribution >= 0.6 is 15.9 Å². The lowest BCUT2D eigenvalue weighted by atomic mass is 10.1. The highest BCUT2D eigenvalue weighted by molar-refractivity contribution is 9.10. The van der Waals surface area contributed by atoms with Crippen LogP contribution in [0.15, 0.2) is 28.7 Å². The normalized spacial score (nSPS) is 15.3. The molecule has 19 heavy (non-hydrogen) atoms. The molecule has 0 N–H and O–H groups in total. The zero-order valence-corrected chi connectivity index (χ0v) is 12.7. The number of ether oxygens (including phenoxy) is 1. The Morgan fingerprint density at radius 1 is 1.26 bits per heavy atom. The first-order chi connectivity index (χ1) is 9.25. The van der Waals surface area contributed by atoms with E-state index in [2.05, 4.69) is 15.9 Å². The van der Waals surface area contributed by atoms with Crippen molar-refractivity contribution in [2.75, 3.05) is 19.7 Å². The van der Waals surface area contributed by atoms with E-state index < -0.39 is 0 Å². The first kappa shape index (κ1) is 14.4. The van der Waals surface area contributed by atoms with Gasteiger partial charge in [-0.15, -0.1) is 0 Å². The molecule has 0 spiro atoms. The van der Waals surface area contributed by atoms with Crippen LogP contribution in [0, 0.1) is 0 Å². The van der Waals surface area contributed by atoms with Crippen molar-refractivity contribution in [1.29, 1.82) is 0 Å². The SMILES string of the molecule is O=C(CCCOc1cccc(Br)c1)N1CCCCC1. The molecule has 0 aliphatic carbocycles. The Morgan fingerprint density at radius 2 is 2.05 bits per heavy atom. The van der Waals surface area contributed by atoms with E-state index in [1.807, 2.05) is 29.2 Å². The van der Waals surface area contributed by atoms with Crippen molar-refractivity contribution in [2.24, 2.45) is 0 Å². The number of piperidine rings is 1. The van der Waals surface area contributed by atoms with Crippen LogP contribution < -0.4 is 4.74 Å². The van der Waals surface area contributed by atoms with Gasteiger partial charge in [-0.25, -0.2) is 0 Å². The van der Waals surface area contributed by atoms with Gasteiger partial charge in [-0.3, -0.25) is 4.79 Å². The number of hydrogen-bond donors (Lipinski definition) is 0. The van der Waals surface area contributed by atoms with Crippen molar-refractivity contribution in [2.45, 2.75) is 32.1 Å². The molecule has 1 aromatic rings. The summed E-state index contributed by atoms with van der Waals surface area (Å²) >= 11 is 3.41. The van der Waals surface area contributed by atoms with Gasteiger partial charge in [-0.2, -0.15) is 0 Å². The monoisotopic (exact) mass is 325 g/mol. The van der Waals surface area contributed by atoms with Gasteiger partial charge < -0.3 is 9.64 Å². The van der Waals surface area contributed by atoms with E-state index in [0.29, 0.717) is 13.0 Å². The Morgan fingerprint density at radius 3 is 2.79 bits per heavy atom. The molecule has 0 atom stereocenters. The Hall–Kier alpha value is -1.03. The third kappa shape index (κ3) is 4.86. The van der Waals surface area contributed by atoms with Crippen molar-refractivity contribution in [3.8, 4) is 5.75 Å². The van der Waals surface area contributed by atoms with Crippen molar-refractivity contribution in [1.82, 2.24) is 4.90 Å². The van der Waals surface area contributed by atoms with Gasteiger partial charge in [0.05, 0.1) is 6.61 Å². The third-order valence-electron chi connectivity index (χ3n) is 3.31. The summed E-state index contributed by atoms with van der Waals surface area (Å²) in [4.78, 5) is 13.9. The third-order valence-corrected chi connectivity index (χ3v) is 3.80. The van der Waals surface area contributed by atoms with Gasteiger partial charge in [-0.1, -0.05) is 22.0 Å². The molecule has 0 unspecified atom stereocenters. The summed E-state index contributed by atoms with van der Waals surface area (Å²) in [6, 6.07) is 7.77. The van der Waals surface area contributed by atoms with Crippen molar-refractivity contribution < 1.29 is 9.53 Å². The largest absolute Gasteiger partial charge is 0.494 e. The van der Waals surface area contributed by atoms with E-state index in [9.17, 15) is 4.79 Å². The van der Waals surface area contributed by atoms with Crippen molar-refractivity contribution in [3.05, 3.63) is 28.7 Å². The van der Waals surface area contributed by atoms with E-state index in [-0.39, 0.29) is 5.91 Å². The lowest BCUT2D eigenvalue weighted by molar-refractivity contribution is -0.132. The molecule has 1 aliphatic rings. The second kappa shape index (κ2) is 7.53. The fourth-order valence-electron chi connectivity index (χ4n) is 2.27. The summed E-state index contributed by atoms with van der Waals surface area (Å²) in [6.07, 6.45) is 4.94. The summed E-state index contributed by atoms with van der Waals surface area (Å²) < 4.78 is 6.63. The molecule has 0 aromatic heterocycles. The highest BCUT2D eigenvalue weighted by Crippen LogP contribution is 2.18. The molecule has 1 heterocycles. The van der Waals surface area contributed by atoms with Crippen LogP contribution in [0.1, 0.15) is 32.1 Å². The van der Waals surface area contributed by atoms with E-state index >= 15 is 0 Å². The molecule has 0 radical (unpaired) electrons. The molecule has 1 saturated heterocycles. The molecule has 3 nitrogen and oxygen atoms in total. The minimum atomic E-state index is 0.276. The maximum absolute atomic E-state index is 11.9. The van der Waals surface area contributed by atoms with Gasteiger partial charge in [0, 0.05) is 24.0 Å². The average Bonchev–Trinajstić information content (AvgIpc) is 2.44. The standard InChI is InChI=1S/C15H20BrNO2/c16-13-6-4-7-14(12-13)19-11-5-8-15(18)17-9-2-1-3-10-17/h4,6-7,12H,1-3,5,8-11H2. The van der Waals surface area contributed by atoms with Gasteiger partial charge in [0.2, 0.25) is 5.91 Å². The predicted octanol–water partition coefficient (Wildman–Crippen LogP) is 3.62. The number of rotatable bonds is 5. The van der Waals surface area contributed by atoms with Crippen LogP contribution in [0.3, 0.4) is 0 Å². The van der Waals surface area contributed by atoms with Gasteiger partial charge in [0.15, 0.2) is 0 Å². The average molecular weight is 326 g/mol. The number of carbonyl (C=O) groups excluding carboxylic acids is 1. The molecule has 104 valence electrons. The lowest BCUT2D eigenvalue weighted by Gasteiger charge is -2.26. The lowest BCUT2D eigenvalue weighted by Crippen LogP contribution is -2.35. The second-order valence-electron chi connectivity index (χ2n) is 4.85. The first-order valence-corrected chi connectivity index (χ1v) is 7.71. The fraction of sp³-hybridized carbons (Fsp3) is 0.533. The Labute approximate surface area is 123 Å². The van der Waals surface area contributed by atoms with E-state index in [1.54, 1.807) is 0 Å². The number of nitrogens with zero attached hydrogens (tertiary/aromatic N) is 1. The number of benzene rings is 1. The molecular weight excluding hydrogens is 306 g/mol. The van der Waals surface area contributed by atoms with Gasteiger partial charge in [0.1, 0.15) is 5.75 Å².